The van der Waals surface area contributed by atoms with Crippen molar-refractivity contribution in [2.24, 2.45) is 0 Å². The van der Waals surface area contributed by atoms with Crippen LogP contribution in [0.2, 0.25) is 0 Å². The van der Waals surface area contributed by atoms with E-state index in [1.807, 2.05) is 66.7 Å². The highest BCUT2D eigenvalue weighted by Crippen LogP contribution is 2.28. The average Bonchev–Trinajstić information content (AvgIpc) is 3.21. The molecule has 1 heterocycles. The molecule has 0 radical (unpaired) electrons. The molecule has 1 aliphatic rings. The second kappa shape index (κ2) is 8.82. The number of benzene rings is 3. The van der Waals surface area contributed by atoms with Gasteiger partial charge in [0.2, 0.25) is 5.91 Å². The first-order valence-corrected chi connectivity index (χ1v) is 10.1. The van der Waals surface area contributed by atoms with Crippen LogP contribution in [-0.4, -0.2) is 24.5 Å². The first-order chi connectivity index (χ1) is 14.6. The monoisotopic (exact) mass is 400 g/mol. The molecule has 5 heteroatoms. The van der Waals surface area contributed by atoms with Crippen LogP contribution in [0, 0.1) is 0 Å². The summed E-state index contributed by atoms with van der Waals surface area (Å²) in [6.45, 7) is 2.47. The van der Waals surface area contributed by atoms with E-state index in [9.17, 15) is 9.59 Å². The van der Waals surface area contributed by atoms with Gasteiger partial charge in [-0.15, -0.1) is 0 Å². The normalized spacial score (nSPS) is 14.4. The van der Waals surface area contributed by atoms with Crippen molar-refractivity contribution in [1.29, 1.82) is 0 Å². The smallest absolute Gasteiger partial charge is 0.265 e. The van der Waals surface area contributed by atoms with Crippen molar-refractivity contribution < 1.29 is 14.3 Å². The molecule has 1 saturated heterocycles. The Morgan fingerprint density at radius 3 is 2.37 bits per heavy atom. The Balaban J connectivity index is 1.42. The molecule has 0 bridgehead atoms. The molecule has 1 aliphatic heterocycles. The van der Waals surface area contributed by atoms with Gasteiger partial charge in [-0.1, -0.05) is 48.5 Å². The first kappa shape index (κ1) is 19.7. The van der Waals surface area contributed by atoms with Gasteiger partial charge in [0.25, 0.3) is 5.91 Å². The van der Waals surface area contributed by atoms with Crippen molar-refractivity contribution in [2.45, 2.75) is 25.9 Å². The van der Waals surface area contributed by atoms with Crippen LogP contribution in [-0.2, 0) is 9.59 Å². The summed E-state index contributed by atoms with van der Waals surface area (Å²) in [5.41, 5.74) is 3.60. The van der Waals surface area contributed by atoms with Gasteiger partial charge in [-0.3, -0.25) is 9.59 Å². The minimum atomic E-state index is -0.673. The van der Waals surface area contributed by atoms with Gasteiger partial charge in [0.05, 0.1) is 0 Å². The Bertz CT molecular complexity index is 1030. The van der Waals surface area contributed by atoms with Crippen molar-refractivity contribution in [2.75, 3.05) is 16.8 Å². The number of amides is 2. The number of para-hydroxylation sites is 1. The lowest BCUT2D eigenvalue weighted by atomic mass is 10.0. The van der Waals surface area contributed by atoms with Gasteiger partial charge in [-0.25, -0.2) is 0 Å². The Kier molecular flexibility index (Phi) is 5.80. The summed E-state index contributed by atoms with van der Waals surface area (Å²) in [6.07, 6.45) is 0.812. The van der Waals surface area contributed by atoms with Gasteiger partial charge >= 0.3 is 0 Å². The number of hydrogen-bond acceptors (Lipinski definition) is 3. The molecule has 152 valence electrons. The highest BCUT2D eigenvalue weighted by atomic mass is 16.5. The zero-order chi connectivity index (χ0) is 20.9. The summed E-state index contributed by atoms with van der Waals surface area (Å²) in [5, 5.41) is 2.97. The summed E-state index contributed by atoms with van der Waals surface area (Å²) in [6, 6.07) is 24.9. The number of hydrogen-bond donors (Lipinski definition) is 1. The molecule has 3 aromatic rings. The molecule has 1 atom stereocenters. The standard InChI is InChI=1S/C25H24N2O3/c1-18(30-21-15-13-20(14-16-21)27-17-7-12-24(27)28)25(29)26-23-11-6-5-10-22(23)19-8-3-2-4-9-19/h2-6,8-11,13-16,18H,7,12,17H2,1H3,(H,26,29). The molecule has 0 aliphatic carbocycles. The van der Waals surface area contributed by atoms with Crippen LogP contribution in [0.25, 0.3) is 11.1 Å². The molecule has 0 aromatic heterocycles. The van der Waals surface area contributed by atoms with Crippen LogP contribution in [0.4, 0.5) is 11.4 Å². The van der Waals surface area contributed by atoms with E-state index < -0.39 is 6.10 Å². The van der Waals surface area contributed by atoms with Crippen LogP contribution in [0.15, 0.2) is 78.9 Å². The number of nitrogens with zero attached hydrogens (tertiary/aromatic N) is 1. The number of carbonyl (C=O) groups excluding carboxylic acids is 2. The minimum absolute atomic E-state index is 0.147. The van der Waals surface area contributed by atoms with Crippen molar-refractivity contribution >= 4 is 23.2 Å². The Morgan fingerprint density at radius 1 is 0.967 bits per heavy atom. The predicted octanol–water partition coefficient (Wildman–Crippen LogP) is 4.89. The molecule has 2 amide bonds. The summed E-state index contributed by atoms with van der Waals surface area (Å²) >= 11 is 0. The zero-order valence-corrected chi connectivity index (χ0v) is 16.9. The van der Waals surface area contributed by atoms with Crippen molar-refractivity contribution in [3.05, 3.63) is 78.9 Å². The SMILES string of the molecule is CC(Oc1ccc(N2CCCC2=O)cc1)C(=O)Nc1ccccc1-c1ccccc1. The van der Waals surface area contributed by atoms with Gasteiger partial charge in [0, 0.05) is 29.9 Å². The Morgan fingerprint density at radius 2 is 1.67 bits per heavy atom. The van der Waals surface area contributed by atoms with Crippen LogP contribution in [0.1, 0.15) is 19.8 Å². The predicted molar refractivity (Wildman–Crippen MR) is 119 cm³/mol. The van der Waals surface area contributed by atoms with E-state index in [1.165, 1.54) is 0 Å². The third-order valence-corrected chi connectivity index (χ3v) is 5.17. The minimum Gasteiger partial charge on any atom is -0.481 e. The second-order valence-electron chi connectivity index (χ2n) is 7.30. The third kappa shape index (κ3) is 4.35. The molecule has 1 unspecified atom stereocenters. The van der Waals surface area contributed by atoms with Crippen molar-refractivity contribution in [3.63, 3.8) is 0 Å². The molecule has 5 nitrogen and oxygen atoms in total. The Labute approximate surface area is 176 Å². The summed E-state index contributed by atoms with van der Waals surface area (Å²) in [4.78, 5) is 26.4. The van der Waals surface area contributed by atoms with E-state index >= 15 is 0 Å². The maximum absolute atomic E-state index is 12.7. The highest BCUT2D eigenvalue weighted by Gasteiger charge is 2.22. The van der Waals surface area contributed by atoms with E-state index in [2.05, 4.69) is 5.32 Å². The van der Waals surface area contributed by atoms with Gasteiger partial charge < -0.3 is 15.0 Å². The van der Waals surface area contributed by atoms with Crippen molar-refractivity contribution in [1.82, 2.24) is 0 Å². The fourth-order valence-electron chi connectivity index (χ4n) is 3.58. The number of rotatable bonds is 6. The first-order valence-electron chi connectivity index (χ1n) is 10.1. The fourth-order valence-corrected chi connectivity index (χ4v) is 3.58. The van der Waals surface area contributed by atoms with Crippen LogP contribution in [0.5, 0.6) is 5.75 Å². The van der Waals surface area contributed by atoms with Gasteiger partial charge in [-0.2, -0.15) is 0 Å². The number of anilines is 2. The largest absolute Gasteiger partial charge is 0.481 e. The summed E-state index contributed by atoms with van der Waals surface area (Å²) in [7, 11) is 0. The lowest BCUT2D eigenvalue weighted by Crippen LogP contribution is -2.30. The molecule has 0 saturated carbocycles. The van der Waals surface area contributed by atoms with Crippen LogP contribution in [0.3, 0.4) is 0 Å². The molecule has 1 fully saturated rings. The summed E-state index contributed by atoms with van der Waals surface area (Å²) < 4.78 is 5.82. The topological polar surface area (TPSA) is 58.6 Å². The van der Waals surface area contributed by atoms with Gasteiger partial charge in [0.1, 0.15) is 5.75 Å². The number of ether oxygens (including phenoxy) is 1. The molecule has 0 spiro atoms. The van der Waals surface area contributed by atoms with E-state index in [4.69, 9.17) is 4.74 Å². The highest BCUT2D eigenvalue weighted by molar-refractivity contribution is 5.98. The fraction of sp³-hybridized carbons (Fsp3) is 0.200. The van der Waals surface area contributed by atoms with E-state index in [1.54, 1.807) is 24.0 Å². The lowest BCUT2D eigenvalue weighted by molar-refractivity contribution is -0.122. The maximum atomic E-state index is 12.7. The molecular formula is C25H24N2O3. The zero-order valence-electron chi connectivity index (χ0n) is 16.9. The van der Waals surface area contributed by atoms with E-state index in [-0.39, 0.29) is 11.8 Å². The molecule has 30 heavy (non-hydrogen) atoms. The lowest BCUT2D eigenvalue weighted by Gasteiger charge is -2.18. The van der Waals surface area contributed by atoms with Crippen molar-refractivity contribution in [3.8, 4) is 16.9 Å². The van der Waals surface area contributed by atoms with Gasteiger partial charge in [0.15, 0.2) is 6.10 Å². The molecule has 1 N–H and O–H groups in total. The summed E-state index contributed by atoms with van der Waals surface area (Å²) in [5.74, 6) is 0.509. The number of nitrogens with one attached hydrogen (secondary N) is 1. The number of carbonyl (C=O) groups is 2. The quantitative estimate of drug-likeness (QED) is 0.641. The average molecular weight is 400 g/mol. The van der Waals surface area contributed by atoms with Crippen LogP contribution >= 0.6 is 0 Å². The maximum Gasteiger partial charge on any atom is 0.265 e. The van der Waals surface area contributed by atoms with Crippen LogP contribution < -0.4 is 15.0 Å². The van der Waals surface area contributed by atoms with E-state index in [0.717, 1.165) is 35.5 Å². The Hall–Kier alpha value is -3.60. The molecule has 3 aromatic carbocycles. The molecular weight excluding hydrogens is 376 g/mol. The second-order valence-corrected chi connectivity index (χ2v) is 7.30. The third-order valence-electron chi connectivity index (χ3n) is 5.17. The van der Waals surface area contributed by atoms with Gasteiger partial charge in [-0.05, 0) is 49.2 Å². The van der Waals surface area contributed by atoms with E-state index in [0.29, 0.717) is 12.2 Å². The molecule has 4 rings (SSSR count).